The molecule has 0 aliphatic carbocycles. The van der Waals surface area contributed by atoms with Gasteiger partial charge in [0.05, 0.1) is 6.42 Å². The minimum Gasteiger partial charge on any atom is -0.356 e. The number of likely N-dealkylation sites (N-methyl/N-ethyl adjacent to an activating group) is 1. The minimum atomic E-state index is 0.0267. The van der Waals surface area contributed by atoms with Crippen molar-refractivity contribution in [2.24, 2.45) is 0 Å². The fraction of sp³-hybridized carbons (Fsp3) is 0.400. The SMILES string of the molecule is CCNC(=O)Cc1ccc(C)cn1. The summed E-state index contributed by atoms with van der Waals surface area (Å²) in [5, 5.41) is 2.73. The van der Waals surface area contributed by atoms with Crippen LogP contribution in [-0.2, 0) is 11.2 Å². The maximum Gasteiger partial charge on any atom is 0.226 e. The van der Waals surface area contributed by atoms with Gasteiger partial charge in [0.25, 0.3) is 0 Å². The Morgan fingerprint density at radius 1 is 1.54 bits per heavy atom. The van der Waals surface area contributed by atoms with Crippen LogP contribution >= 0.6 is 0 Å². The van der Waals surface area contributed by atoms with E-state index in [2.05, 4.69) is 10.3 Å². The number of aromatic nitrogens is 1. The van der Waals surface area contributed by atoms with Crippen LogP contribution in [0, 0.1) is 6.92 Å². The molecule has 0 radical (unpaired) electrons. The Morgan fingerprint density at radius 2 is 2.31 bits per heavy atom. The Morgan fingerprint density at radius 3 is 2.85 bits per heavy atom. The number of aryl methyl sites for hydroxylation is 1. The molecule has 0 aliphatic rings. The first-order valence-corrected chi connectivity index (χ1v) is 4.40. The Bertz CT molecular complexity index is 279. The highest BCUT2D eigenvalue weighted by atomic mass is 16.1. The van der Waals surface area contributed by atoms with Crippen molar-refractivity contribution in [2.45, 2.75) is 20.3 Å². The van der Waals surface area contributed by atoms with Gasteiger partial charge >= 0.3 is 0 Å². The van der Waals surface area contributed by atoms with E-state index >= 15 is 0 Å². The predicted octanol–water partition coefficient (Wildman–Crippen LogP) is 1.07. The summed E-state index contributed by atoms with van der Waals surface area (Å²) in [7, 11) is 0. The summed E-state index contributed by atoms with van der Waals surface area (Å²) in [6.45, 7) is 4.55. The van der Waals surface area contributed by atoms with Crippen LogP contribution in [0.15, 0.2) is 18.3 Å². The molecular formula is C10H14N2O. The van der Waals surface area contributed by atoms with E-state index in [4.69, 9.17) is 0 Å². The molecule has 3 heteroatoms. The normalized spacial score (nSPS) is 9.69. The number of hydrogen-bond acceptors (Lipinski definition) is 2. The second-order valence-electron chi connectivity index (χ2n) is 2.96. The number of hydrogen-bond donors (Lipinski definition) is 1. The topological polar surface area (TPSA) is 42.0 Å². The maximum atomic E-state index is 11.1. The zero-order chi connectivity index (χ0) is 9.68. The van der Waals surface area contributed by atoms with Gasteiger partial charge in [0, 0.05) is 18.4 Å². The minimum absolute atomic E-state index is 0.0267. The Kier molecular flexibility index (Phi) is 3.43. The predicted molar refractivity (Wildman–Crippen MR) is 51.4 cm³/mol. The second kappa shape index (κ2) is 4.60. The lowest BCUT2D eigenvalue weighted by molar-refractivity contribution is -0.120. The monoisotopic (exact) mass is 178 g/mol. The van der Waals surface area contributed by atoms with Gasteiger partial charge in [0.15, 0.2) is 0 Å². The van der Waals surface area contributed by atoms with Gasteiger partial charge < -0.3 is 5.32 Å². The number of amides is 1. The molecule has 0 saturated carbocycles. The fourth-order valence-electron chi connectivity index (χ4n) is 1.03. The smallest absolute Gasteiger partial charge is 0.226 e. The number of rotatable bonds is 3. The molecule has 0 bridgehead atoms. The van der Waals surface area contributed by atoms with Crippen molar-refractivity contribution < 1.29 is 4.79 Å². The number of carbonyl (C=O) groups excluding carboxylic acids is 1. The molecule has 70 valence electrons. The van der Waals surface area contributed by atoms with Crippen LogP contribution in [0.5, 0.6) is 0 Å². The van der Waals surface area contributed by atoms with Crippen molar-refractivity contribution in [1.29, 1.82) is 0 Å². The lowest BCUT2D eigenvalue weighted by Crippen LogP contribution is -2.24. The van der Waals surface area contributed by atoms with Gasteiger partial charge in [0.1, 0.15) is 0 Å². The van der Waals surface area contributed by atoms with Crippen LogP contribution in [0.2, 0.25) is 0 Å². The van der Waals surface area contributed by atoms with Crippen molar-refractivity contribution in [2.75, 3.05) is 6.54 Å². The lowest BCUT2D eigenvalue weighted by atomic mass is 10.2. The highest BCUT2D eigenvalue weighted by Gasteiger charge is 2.01. The van der Waals surface area contributed by atoms with Crippen molar-refractivity contribution in [3.8, 4) is 0 Å². The van der Waals surface area contributed by atoms with Gasteiger partial charge in [-0.25, -0.2) is 0 Å². The summed E-state index contributed by atoms with van der Waals surface area (Å²) < 4.78 is 0. The Hall–Kier alpha value is -1.38. The van der Waals surface area contributed by atoms with Crippen molar-refractivity contribution in [1.82, 2.24) is 10.3 Å². The van der Waals surface area contributed by atoms with E-state index in [1.165, 1.54) is 0 Å². The molecule has 1 N–H and O–H groups in total. The summed E-state index contributed by atoms with van der Waals surface area (Å²) in [5.41, 5.74) is 1.93. The molecule has 3 nitrogen and oxygen atoms in total. The molecule has 0 unspecified atom stereocenters. The van der Waals surface area contributed by atoms with Crippen molar-refractivity contribution >= 4 is 5.91 Å². The third-order valence-electron chi connectivity index (χ3n) is 1.69. The molecule has 1 aromatic rings. The van der Waals surface area contributed by atoms with Gasteiger partial charge in [-0.15, -0.1) is 0 Å². The van der Waals surface area contributed by atoms with Crippen LogP contribution < -0.4 is 5.32 Å². The number of carbonyl (C=O) groups is 1. The van der Waals surface area contributed by atoms with E-state index in [0.29, 0.717) is 13.0 Å². The lowest BCUT2D eigenvalue weighted by Gasteiger charge is -2.01. The molecule has 0 saturated heterocycles. The van der Waals surface area contributed by atoms with Crippen molar-refractivity contribution in [3.63, 3.8) is 0 Å². The largest absolute Gasteiger partial charge is 0.356 e. The summed E-state index contributed by atoms with van der Waals surface area (Å²) in [4.78, 5) is 15.3. The van der Waals surface area contributed by atoms with Gasteiger partial charge in [-0.05, 0) is 25.5 Å². The first kappa shape index (κ1) is 9.71. The van der Waals surface area contributed by atoms with Gasteiger partial charge in [-0.2, -0.15) is 0 Å². The molecule has 0 spiro atoms. The molecule has 1 heterocycles. The molecule has 0 aliphatic heterocycles. The zero-order valence-corrected chi connectivity index (χ0v) is 8.00. The quantitative estimate of drug-likeness (QED) is 0.752. The molecule has 13 heavy (non-hydrogen) atoms. The van der Waals surface area contributed by atoms with E-state index in [1.54, 1.807) is 6.20 Å². The average molecular weight is 178 g/mol. The van der Waals surface area contributed by atoms with Crippen LogP contribution in [0.1, 0.15) is 18.2 Å². The summed E-state index contributed by atoms with van der Waals surface area (Å²) in [6, 6.07) is 3.84. The van der Waals surface area contributed by atoms with E-state index in [9.17, 15) is 4.79 Å². The Labute approximate surface area is 78.2 Å². The van der Waals surface area contributed by atoms with Gasteiger partial charge in [0.2, 0.25) is 5.91 Å². The summed E-state index contributed by atoms with van der Waals surface area (Å²) >= 11 is 0. The van der Waals surface area contributed by atoms with Gasteiger partial charge in [-0.3, -0.25) is 9.78 Å². The average Bonchev–Trinajstić information content (AvgIpc) is 2.09. The third-order valence-corrected chi connectivity index (χ3v) is 1.69. The highest BCUT2D eigenvalue weighted by molar-refractivity contribution is 5.77. The molecular weight excluding hydrogens is 164 g/mol. The standard InChI is InChI=1S/C10H14N2O/c1-3-11-10(13)6-9-5-4-8(2)7-12-9/h4-5,7H,3,6H2,1-2H3,(H,11,13). The van der Waals surface area contributed by atoms with E-state index in [0.717, 1.165) is 11.3 Å². The first-order chi connectivity index (χ1) is 6.22. The molecule has 0 aromatic carbocycles. The van der Waals surface area contributed by atoms with E-state index < -0.39 is 0 Å². The molecule has 0 atom stereocenters. The number of pyridine rings is 1. The van der Waals surface area contributed by atoms with Crippen LogP contribution in [0.3, 0.4) is 0 Å². The summed E-state index contributed by atoms with van der Waals surface area (Å²) in [5.74, 6) is 0.0267. The molecule has 1 aromatic heterocycles. The molecule has 1 rings (SSSR count). The van der Waals surface area contributed by atoms with Crippen molar-refractivity contribution in [3.05, 3.63) is 29.6 Å². The molecule has 1 amide bonds. The van der Waals surface area contributed by atoms with E-state index in [1.807, 2.05) is 26.0 Å². The second-order valence-corrected chi connectivity index (χ2v) is 2.96. The number of nitrogens with one attached hydrogen (secondary N) is 1. The molecule has 0 fully saturated rings. The van der Waals surface area contributed by atoms with Gasteiger partial charge in [-0.1, -0.05) is 6.07 Å². The van der Waals surface area contributed by atoms with Crippen LogP contribution in [0.4, 0.5) is 0 Å². The van der Waals surface area contributed by atoms with E-state index in [-0.39, 0.29) is 5.91 Å². The summed E-state index contributed by atoms with van der Waals surface area (Å²) in [6.07, 6.45) is 2.14. The third kappa shape index (κ3) is 3.23. The highest BCUT2D eigenvalue weighted by Crippen LogP contribution is 1.98. The maximum absolute atomic E-state index is 11.1. The zero-order valence-electron chi connectivity index (χ0n) is 8.00. The fourth-order valence-corrected chi connectivity index (χ4v) is 1.03. The Balaban J connectivity index is 2.54. The number of nitrogens with zero attached hydrogens (tertiary/aromatic N) is 1. The van der Waals surface area contributed by atoms with Crippen LogP contribution in [-0.4, -0.2) is 17.4 Å². The van der Waals surface area contributed by atoms with Crippen LogP contribution in [0.25, 0.3) is 0 Å². The first-order valence-electron chi connectivity index (χ1n) is 4.40.